The van der Waals surface area contributed by atoms with Gasteiger partial charge in [-0.15, -0.1) is 0 Å². The molecule has 0 aliphatic heterocycles. The Morgan fingerprint density at radius 3 is 2.21 bits per heavy atom. The normalized spacial score (nSPS) is 11.6. The maximum Gasteiger partial charge on any atom is 0.271 e. The largest absolute Gasteiger partial charge is 0.316 e. The summed E-state index contributed by atoms with van der Waals surface area (Å²) >= 11 is 18.4. The summed E-state index contributed by atoms with van der Waals surface area (Å²) in [7, 11) is -3.58. The second-order valence-corrected chi connectivity index (χ2v) is 12.1. The lowest BCUT2D eigenvalue weighted by Gasteiger charge is -2.22. The number of halogens is 3. The number of hydrogen-bond acceptors (Lipinski definition) is 4. The number of benzene rings is 3. The third kappa shape index (κ3) is 6.83. The van der Waals surface area contributed by atoms with E-state index >= 15 is 0 Å². The molecular formula is C28H25Cl3N4O3S. The molecule has 0 saturated carbocycles. The number of sulfonamides is 1. The highest BCUT2D eigenvalue weighted by molar-refractivity contribution is 7.92. The molecule has 0 radical (unpaired) electrons. The summed E-state index contributed by atoms with van der Waals surface area (Å²) in [5, 5.41) is 5.75. The van der Waals surface area contributed by atoms with Crippen molar-refractivity contribution in [3.63, 3.8) is 0 Å². The maximum atomic E-state index is 12.7. The van der Waals surface area contributed by atoms with E-state index in [1.807, 2.05) is 30.5 Å². The van der Waals surface area contributed by atoms with E-state index in [4.69, 9.17) is 34.8 Å². The minimum atomic E-state index is -3.58. The van der Waals surface area contributed by atoms with Crippen LogP contribution in [-0.2, 0) is 16.6 Å². The lowest BCUT2D eigenvalue weighted by molar-refractivity contribution is 0.0955. The Morgan fingerprint density at radius 1 is 0.949 bits per heavy atom. The highest BCUT2D eigenvalue weighted by atomic mass is 35.5. The Hall–Kier alpha value is -3.30. The molecule has 4 aromatic rings. The van der Waals surface area contributed by atoms with E-state index in [0.29, 0.717) is 26.3 Å². The van der Waals surface area contributed by atoms with Crippen LogP contribution in [0.25, 0.3) is 5.69 Å². The van der Waals surface area contributed by atoms with Gasteiger partial charge in [0.2, 0.25) is 10.0 Å². The maximum absolute atomic E-state index is 12.7. The fraction of sp³-hybridized carbons (Fsp3) is 0.143. The molecule has 1 N–H and O–H groups in total. The summed E-state index contributed by atoms with van der Waals surface area (Å²) in [6.07, 6.45) is 2.70. The van der Waals surface area contributed by atoms with Gasteiger partial charge in [0, 0.05) is 32.6 Å². The van der Waals surface area contributed by atoms with Crippen molar-refractivity contribution >= 4 is 62.6 Å². The SMILES string of the molecule is Cc1cc(/C=N\NC(=O)c2ccc(N(Cc3ccc(Cl)cc3)S(C)(=O)=O)cc2)c(C)n1-c1ccc(Cl)cc1Cl. The monoisotopic (exact) mass is 602 g/mol. The van der Waals surface area contributed by atoms with E-state index in [-0.39, 0.29) is 6.54 Å². The number of hydrazone groups is 1. The average Bonchev–Trinajstić information content (AvgIpc) is 3.15. The van der Waals surface area contributed by atoms with Crippen molar-refractivity contribution < 1.29 is 13.2 Å². The van der Waals surface area contributed by atoms with Gasteiger partial charge >= 0.3 is 0 Å². The van der Waals surface area contributed by atoms with E-state index in [2.05, 4.69) is 10.5 Å². The van der Waals surface area contributed by atoms with Gasteiger partial charge < -0.3 is 4.57 Å². The standard InChI is InChI=1S/C28H25Cl3N4O3S/c1-18-14-22(19(2)35(18)27-13-10-24(30)15-26(27)31)16-32-33-28(36)21-6-11-25(12-7-21)34(39(3,37)38)17-20-4-8-23(29)9-5-20/h4-16H,17H2,1-3H3,(H,33,36)/b32-16-. The molecule has 0 fully saturated rings. The average molecular weight is 604 g/mol. The summed E-state index contributed by atoms with van der Waals surface area (Å²) in [6, 6.07) is 20.4. The zero-order chi connectivity index (χ0) is 28.3. The number of aryl methyl sites for hydroxylation is 1. The van der Waals surface area contributed by atoms with Crippen LogP contribution in [-0.4, -0.2) is 31.4 Å². The fourth-order valence-corrected chi connectivity index (χ4v) is 5.62. The zero-order valence-electron chi connectivity index (χ0n) is 21.3. The van der Waals surface area contributed by atoms with Gasteiger partial charge in [-0.3, -0.25) is 9.10 Å². The first-order valence-electron chi connectivity index (χ1n) is 11.7. The highest BCUT2D eigenvalue weighted by Crippen LogP contribution is 2.28. The highest BCUT2D eigenvalue weighted by Gasteiger charge is 2.19. The van der Waals surface area contributed by atoms with Gasteiger partial charge in [-0.05, 0) is 80.1 Å². The zero-order valence-corrected chi connectivity index (χ0v) is 24.4. The predicted molar refractivity (Wildman–Crippen MR) is 159 cm³/mol. The molecule has 1 amide bonds. The van der Waals surface area contributed by atoms with Crippen molar-refractivity contribution in [2.75, 3.05) is 10.6 Å². The summed E-state index contributed by atoms with van der Waals surface area (Å²) < 4.78 is 28.2. The predicted octanol–water partition coefficient (Wildman–Crippen LogP) is 6.78. The van der Waals surface area contributed by atoms with Crippen molar-refractivity contribution in [3.05, 3.63) is 116 Å². The van der Waals surface area contributed by atoms with Crippen molar-refractivity contribution in [1.29, 1.82) is 0 Å². The third-order valence-electron chi connectivity index (χ3n) is 6.05. The molecule has 7 nitrogen and oxygen atoms in total. The fourth-order valence-electron chi connectivity index (χ4n) is 4.11. The minimum absolute atomic E-state index is 0.130. The molecule has 1 heterocycles. The number of rotatable bonds is 8. The van der Waals surface area contributed by atoms with Gasteiger partial charge in [0.1, 0.15) is 0 Å². The molecule has 0 bridgehead atoms. The Morgan fingerprint density at radius 2 is 1.59 bits per heavy atom. The van der Waals surface area contributed by atoms with E-state index < -0.39 is 15.9 Å². The second kappa shape index (κ2) is 11.8. The molecule has 0 atom stereocenters. The molecule has 0 aliphatic carbocycles. The molecule has 11 heteroatoms. The number of nitrogens with zero attached hydrogens (tertiary/aromatic N) is 3. The van der Waals surface area contributed by atoms with Crippen LogP contribution in [0.4, 0.5) is 5.69 Å². The molecule has 0 saturated heterocycles. The number of aromatic nitrogens is 1. The number of carbonyl (C=O) groups is 1. The Labute approximate surface area is 242 Å². The smallest absolute Gasteiger partial charge is 0.271 e. The van der Waals surface area contributed by atoms with Crippen molar-refractivity contribution in [3.8, 4) is 5.69 Å². The number of hydrogen-bond donors (Lipinski definition) is 1. The van der Waals surface area contributed by atoms with Crippen molar-refractivity contribution in [1.82, 2.24) is 9.99 Å². The third-order valence-corrected chi connectivity index (χ3v) is 7.98. The Bertz CT molecular complexity index is 1650. The minimum Gasteiger partial charge on any atom is -0.316 e. The first kappa shape index (κ1) is 28.7. The second-order valence-electron chi connectivity index (χ2n) is 8.90. The van der Waals surface area contributed by atoms with Gasteiger partial charge in [-0.1, -0.05) is 46.9 Å². The molecule has 39 heavy (non-hydrogen) atoms. The lowest BCUT2D eigenvalue weighted by atomic mass is 10.2. The molecule has 3 aromatic carbocycles. The molecule has 1 aromatic heterocycles. The summed E-state index contributed by atoms with van der Waals surface area (Å²) in [6.45, 7) is 4.00. The van der Waals surface area contributed by atoms with Gasteiger partial charge in [0.15, 0.2) is 0 Å². The van der Waals surface area contributed by atoms with Crippen LogP contribution in [0.5, 0.6) is 0 Å². The van der Waals surface area contributed by atoms with Crippen LogP contribution in [0.15, 0.2) is 77.9 Å². The molecule has 0 unspecified atom stereocenters. The van der Waals surface area contributed by atoms with Crippen LogP contribution in [0.2, 0.25) is 15.1 Å². The van der Waals surface area contributed by atoms with E-state index in [9.17, 15) is 13.2 Å². The van der Waals surface area contributed by atoms with Crippen molar-refractivity contribution in [2.24, 2.45) is 5.10 Å². The Balaban J connectivity index is 1.47. The summed E-state index contributed by atoms with van der Waals surface area (Å²) in [4.78, 5) is 12.7. The van der Waals surface area contributed by atoms with Crippen LogP contribution in [0, 0.1) is 13.8 Å². The van der Waals surface area contributed by atoms with Gasteiger partial charge in [0.25, 0.3) is 5.91 Å². The first-order chi connectivity index (χ1) is 18.4. The Kier molecular flexibility index (Phi) is 8.71. The van der Waals surface area contributed by atoms with Crippen LogP contribution < -0.4 is 9.73 Å². The summed E-state index contributed by atoms with van der Waals surface area (Å²) in [5.41, 5.74) is 7.48. The molecule has 4 rings (SSSR count). The van der Waals surface area contributed by atoms with Gasteiger partial charge in [-0.2, -0.15) is 5.10 Å². The van der Waals surface area contributed by atoms with Crippen LogP contribution >= 0.6 is 34.8 Å². The summed E-state index contributed by atoms with van der Waals surface area (Å²) in [5.74, 6) is -0.434. The van der Waals surface area contributed by atoms with Gasteiger partial charge in [0.05, 0.1) is 35.4 Å². The van der Waals surface area contributed by atoms with E-state index in [1.165, 1.54) is 4.31 Å². The van der Waals surface area contributed by atoms with Crippen LogP contribution in [0.1, 0.15) is 32.9 Å². The topological polar surface area (TPSA) is 83.8 Å². The van der Waals surface area contributed by atoms with E-state index in [0.717, 1.165) is 34.5 Å². The molecule has 202 valence electrons. The quantitative estimate of drug-likeness (QED) is 0.178. The van der Waals surface area contributed by atoms with Crippen LogP contribution in [0.3, 0.4) is 0 Å². The van der Waals surface area contributed by atoms with Gasteiger partial charge in [-0.25, -0.2) is 13.8 Å². The number of amides is 1. The lowest BCUT2D eigenvalue weighted by Crippen LogP contribution is -2.29. The van der Waals surface area contributed by atoms with E-state index in [1.54, 1.807) is 66.9 Å². The number of anilines is 1. The van der Waals surface area contributed by atoms with Crippen molar-refractivity contribution in [2.45, 2.75) is 20.4 Å². The number of nitrogens with one attached hydrogen (secondary N) is 1. The molecule has 0 spiro atoms. The molecular weight excluding hydrogens is 579 g/mol. The number of carbonyl (C=O) groups excluding carboxylic acids is 1. The first-order valence-corrected chi connectivity index (χ1v) is 14.7. The molecule has 0 aliphatic rings.